The third-order valence-corrected chi connectivity index (χ3v) is 3.83. The van der Waals surface area contributed by atoms with Crippen molar-refractivity contribution in [3.8, 4) is 0 Å². The van der Waals surface area contributed by atoms with E-state index in [2.05, 4.69) is 10.1 Å². The van der Waals surface area contributed by atoms with E-state index in [0.29, 0.717) is 24.1 Å². The van der Waals surface area contributed by atoms with Gasteiger partial charge in [-0.05, 0) is 37.1 Å². The number of ether oxygens (including phenoxy) is 1. The smallest absolute Gasteiger partial charge is 0.305 e. The zero-order valence-electron chi connectivity index (χ0n) is 14.4. The first-order valence-electron chi connectivity index (χ1n) is 8.22. The van der Waals surface area contributed by atoms with Crippen molar-refractivity contribution in [1.82, 2.24) is 0 Å². The van der Waals surface area contributed by atoms with Crippen LogP contribution in [0.25, 0.3) is 0 Å². The molecular weight excluding hydrogens is 336 g/mol. The van der Waals surface area contributed by atoms with Crippen molar-refractivity contribution in [3.63, 3.8) is 0 Å². The number of unbranched alkanes of at least 4 members (excludes halogenated alkanes) is 1. The lowest BCUT2D eigenvalue weighted by atomic mass is 10.0. The van der Waals surface area contributed by atoms with Crippen LogP contribution in [0.1, 0.15) is 36.0 Å². The van der Waals surface area contributed by atoms with E-state index < -0.39 is 4.92 Å². The Morgan fingerprint density at radius 3 is 2.42 bits per heavy atom. The second kappa shape index (κ2) is 9.31. The predicted octanol–water partition coefficient (Wildman–Crippen LogP) is 4.25. The molecule has 1 N–H and O–H groups in total. The third kappa shape index (κ3) is 5.41. The molecule has 0 aliphatic rings. The molecule has 0 atom stereocenters. The van der Waals surface area contributed by atoms with Crippen LogP contribution in [-0.4, -0.2) is 23.8 Å². The highest BCUT2D eigenvalue weighted by atomic mass is 16.6. The summed E-state index contributed by atoms with van der Waals surface area (Å²) in [6.07, 6.45) is 1.64. The second-order valence-electron chi connectivity index (χ2n) is 5.69. The molecule has 0 saturated carbocycles. The molecule has 0 aliphatic carbocycles. The van der Waals surface area contributed by atoms with E-state index >= 15 is 0 Å². The Kier molecular flexibility index (Phi) is 6.84. The van der Waals surface area contributed by atoms with Gasteiger partial charge < -0.3 is 10.1 Å². The monoisotopic (exact) mass is 356 g/mol. The number of nitrogens with one attached hydrogen (secondary N) is 1. The normalized spacial score (nSPS) is 10.2. The first-order chi connectivity index (χ1) is 12.5. The van der Waals surface area contributed by atoms with Crippen molar-refractivity contribution in [1.29, 1.82) is 0 Å². The van der Waals surface area contributed by atoms with Gasteiger partial charge in [0, 0.05) is 30.2 Å². The summed E-state index contributed by atoms with van der Waals surface area (Å²) in [7, 11) is 1.33. The van der Waals surface area contributed by atoms with Crippen molar-refractivity contribution in [3.05, 3.63) is 64.2 Å². The summed E-state index contributed by atoms with van der Waals surface area (Å²) < 4.78 is 4.55. The van der Waals surface area contributed by atoms with Crippen molar-refractivity contribution >= 4 is 28.8 Å². The topological polar surface area (TPSA) is 98.5 Å². The number of ketones is 1. The largest absolute Gasteiger partial charge is 0.469 e. The maximum atomic E-state index is 12.3. The van der Waals surface area contributed by atoms with Crippen LogP contribution in [0.2, 0.25) is 0 Å². The quantitative estimate of drug-likeness (QED) is 0.237. The first kappa shape index (κ1) is 19.1. The maximum Gasteiger partial charge on any atom is 0.305 e. The Morgan fingerprint density at radius 1 is 1.08 bits per heavy atom. The van der Waals surface area contributed by atoms with Gasteiger partial charge >= 0.3 is 5.97 Å². The summed E-state index contributed by atoms with van der Waals surface area (Å²) >= 11 is 0. The minimum absolute atomic E-state index is 0.101. The second-order valence-corrected chi connectivity index (χ2v) is 5.69. The van der Waals surface area contributed by atoms with Crippen LogP contribution < -0.4 is 5.32 Å². The van der Waals surface area contributed by atoms with Crippen molar-refractivity contribution in [2.45, 2.75) is 25.7 Å². The molecule has 7 nitrogen and oxygen atoms in total. The highest BCUT2D eigenvalue weighted by Crippen LogP contribution is 2.29. The molecule has 0 amide bonds. The molecule has 2 aromatic rings. The van der Waals surface area contributed by atoms with Gasteiger partial charge in [-0.2, -0.15) is 0 Å². The van der Waals surface area contributed by atoms with E-state index in [0.717, 1.165) is 0 Å². The van der Waals surface area contributed by atoms with Gasteiger partial charge in [-0.15, -0.1) is 0 Å². The number of para-hydroxylation sites is 1. The minimum Gasteiger partial charge on any atom is -0.469 e. The number of benzene rings is 2. The Morgan fingerprint density at radius 2 is 1.77 bits per heavy atom. The summed E-state index contributed by atoms with van der Waals surface area (Å²) in [6.45, 7) is 0. The number of methoxy groups -OCH3 is 1. The van der Waals surface area contributed by atoms with E-state index in [-0.39, 0.29) is 36.0 Å². The van der Waals surface area contributed by atoms with E-state index in [4.69, 9.17) is 0 Å². The average molecular weight is 356 g/mol. The zero-order valence-corrected chi connectivity index (χ0v) is 14.4. The number of nitro groups is 1. The number of carbonyl (C=O) groups is 2. The van der Waals surface area contributed by atoms with Gasteiger partial charge in [0.2, 0.25) is 0 Å². The molecule has 2 aromatic carbocycles. The van der Waals surface area contributed by atoms with Crippen LogP contribution in [0.3, 0.4) is 0 Å². The van der Waals surface area contributed by atoms with Gasteiger partial charge in [-0.1, -0.05) is 18.2 Å². The lowest BCUT2D eigenvalue weighted by Gasteiger charge is -2.09. The molecule has 0 aromatic heterocycles. The molecular formula is C19H20N2O5. The number of nitrogens with zero attached hydrogens (tertiary/aromatic N) is 1. The summed E-state index contributed by atoms with van der Waals surface area (Å²) in [5.41, 5.74) is 1.25. The van der Waals surface area contributed by atoms with Crippen LogP contribution in [0.15, 0.2) is 48.5 Å². The van der Waals surface area contributed by atoms with Crippen LogP contribution in [-0.2, 0) is 9.53 Å². The zero-order chi connectivity index (χ0) is 18.9. The summed E-state index contributed by atoms with van der Waals surface area (Å²) in [5.74, 6) is -0.428. The highest BCUT2D eigenvalue weighted by molar-refractivity contribution is 5.97. The van der Waals surface area contributed by atoms with Crippen LogP contribution >= 0.6 is 0 Å². The molecule has 0 fully saturated rings. The fourth-order valence-electron chi connectivity index (χ4n) is 2.45. The molecule has 2 rings (SSSR count). The van der Waals surface area contributed by atoms with Crippen molar-refractivity contribution in [2.24, 2.45) is 0 Å². The molecule has 136 valence electrons. The summed E-state index contributed by atoms with van der Waals surface area (Å²) in [6, 6.07) is 13.3. The standard InChI is InChI=1S/C19H20N2O5/c1-26-19(23)10-6-5-9-18(22)14-11-12-17(21(24)25)16(13-14)20-15-7-3-2-4-8-15/h2-4,7-8,11-13,20H,5-6,9-10H2,1H3. The van der Waals surface area contributed by atoms with E-state index in [1.807, 2.05) is 18.2 Å². The van der Waals surface area contributed by atoms with Gasteiger partial charge in [0.15, 0.2) is 5.78 Å². The summed E-state index contributed by atoms with van der Waals surface area (Å²) in [4.78, 5) is 34.1. The first-order valence-corrected chi connectivity index (χ1v) is 8.22. The van der Waals surface area contributed by atoms with E-state index in [9.17, 15) is 19.7 Å². The average Bonchev–Trinajstić information content (AvgIpc) is 2.65. The molecule has 0 unspecified atom stereocenters. The SMILES string of the molecule is COC(=O)CCCCC(=O)c1ccc([N+](=O)[O-])c(Nc2ccccc2)c1. The van der Waals surface area contributed by atoms with Gasteiger partial charge in [0.1, 0.15) is 5.69 Å². The van der Waals surface area contributed by atoms with Gasteiger partial charge in [0.05, 0.1) is 12.0 Å². The molecule has 0 heterocycles. The molecule has 0 spiro atoms. The van der Waals surface area contributed by atoms with E-state index in [1.54, 1.807) is 12.1 Å². The Hall–Kier alpha value is -3.22. The maximum absolute atomic E-state index is 12.3. The van der Waals surface area contributed by atoms with Crippen molar-refractivity contribution < 1.29 is 19.2 Å². The highest BCUT2D eigenvalue weighted by Gasteiger charge is 2.17. The molecule has 7 heteroatoms. The van der Waals surface area contributed by atoms with Crippen LogP contribution in [0, 0.1) is 10.1 Å². The van der Waals surface area contributed by atoms with Gasteiger partial charge in [-0.3, -0.25) is 19.7 Å². The fourth-order valence-corrected chi connectivity index (χ4v) is 2.45. The van der Waals surface area contributed by atoms with E-state index in [1.165, 1.54) is 25.3 Å². The minimum atomic E-state index is -0.490. The van der Waals surface area contributed by atoms with Crippen LogP contribution in [0.4, 0.5) is 17.1 Å². The lowest BCUT2D eigenvalue weighted by Crippen LogP contribution is -2.04. The number of Topliss-reactive ketones (excluding diaryl/α,β-unsaturated/α-hetero) is 1. The van der Waals surface area contributed by atoms with Gasteiger partial charge in [0.25, 0.3) is 5.69 Å². The van der Waals surface area contributed by atoms with Crippen LogP contribution in [0.5, 0.6) is 0 Å². The number of hydrogen-bond acceptors (Lipinski definition) is 6. The van der Waals surface area contributed by atoms with Gasteiger partial charge in [-0.25, -0.2) is 0 Å². The number of nitro benzene ring substituents is 1. The number of rotatable bonds is 9. The number of anilines is 2. The molecule has 0 bridgehead atoms. The Labute approximate surface area is 151 Å². The number of carbonyl (C=O) groups excluding carboxylic acids is 2. The third-order valence-electron chi connectivity index (χ3n) is 3.83. The molecule has 26 heavy (non-hydrogen) atoms. The molecule has 0 aliphatic heterocycles. The molecule has 0 radical (unpaired) electrons. The summed E-state index contributed by atoms with van der Waals surface area (Å²) in [5, 5.41) is 14.2. The molecule has 0 saturated heterocycles. The predicted molar refractivity (Wildman–Crippen MR) is 97.6 cm³/mol. The fraction of sp³-hybridized carbons (Fsp3) is 0.263. The van der Waals surface area contributed by atoms with Crippen molar-refractivity contribution in [2.75, 3.05) is 12.4 Å². The number of hydrogen-bond donors (Lipinski definition) is 1. The Balaban J connectivity index is 2.09. The Bertz CT molecular complexity index is 790. The lowest BCUT2D eigenvalue weighted by molar-refractivity contribution is -0.383. The number of esters is 1.